The molecule has 0 aromatic heterocycles. The summed E-state index contributed by atoms with van der Waals surface area (Å²) in [4.78, 5) is 0. The molecule has 0 bridgehead atoms. The van der Waals surface area contributed by atoms with Crippen molar-refractivity contribution in [1.29, 1.82) is 0 Å². The second kappa shape index (κ2) is 7.32. The van der Waals surface area contributed by atoms with Crippen molar-refractivity contribution in [3.05, 3.63) is 0 Å². The van der Waals surface area contributed by atoms with E-state index in [0.29, 0.717) is 5.41 Å². The zero-order valence-electron chi connectivity index (χ0n) is 12.6. The molecule has 0 rings (SSSR count). The maximum absolute atomic E-state index is 3.64. The lowest BCUT2D eigenvalue weighted by molar-refractivity contribution is 0.158. The minimum atomic E-state index is 0.449. The van der Waals surface area contributed by atoms with Crippen LogP contribution in [0.15, 0.2) is 0 Å². The lowest BCUT2D eigenvalue weighted by Gasteiger charge is -2.36. The van der Waals surface area contributed by atoms with Crippen LogP contribution in [0.5, 0.6) is 0 Å². The number of rotatable bonds is 8. The molecule has 2 unspecified atom stereocenters. The van der Waals surface area contributed by atoms with Crippen LogP contribution in [-0.2, 0) is 0 Å². The average molecular weight is 227 g/mol. The van der Waals surface area contributed by atoms with Crippen LogP contribution in [0.25, 0.3) is 0 Å². The quantitative estimate of drug-likeness (QED) is 0.651. The summed E-state index contributed by atoms with van der Waals surface area (Å²) in [5.41, 5.74) is 0.449. The fourth-order valence-corrected chi connectivity index (χ4v) is 2.10. The van der Waals surface area contributed by atoms with Gasteiger partial charge in [0.15, 0.2) is 0 Å². The predicted octanol–water partition coefficient (Wildman–Crippen LogP) is 4.33. The van der Waals surface area contributed by atoms with Crippen molar-refractivity contribution in [1.82, 2.24) is 5.32 Å². The molecular formula is C15H33N. The van der Waals surface area contributed by atoms with Gasteiger partial charge in [-0.3, -0.25) is 0 Å². The van der Waals surface area contributed by atoms with Gasteiger partial charge < -0.3 is 5.32 Å². The Balaban J connectivity index is 4.22. The fourth-order valence-electron chi connectivity index (χ4n) is 2.10. The van der Waals surface area contributed by atoms with Gasteiger partial charge in [0.1, 0.15) is 0 Å². The van der Waals surface area contributed by atoms with E-state index in [-0.39, 0.29) is 0 Å². The van der Waals surface area contributed by atoms with E-state index < -0.39 is 0 Å². The molecule has 0 saturated heterocycles. The van der Waals surface area contributed by atoms with Crippen LogP contribution in [0.2, 0.25) is 0 Å². The highest BCUT2D eigenvalue weighted by molar-refractivity contribution is 4.82. The molecule has 98 valence electrons. The van der Waals surface area contributed by atoms with Crippen LogP contribution < -0.4 is 5.32 Å². The van der Waals surface area contributed by atoms with Crippen LogP contribution >= 0.6 is 0 Å². The van der Waals surface area contributed by atoms with Crippen LogP contribution in [0.1, 0.15) is 61.3 Å². The zero-order valence-corrected chi connectivity index (χ0v) is 12.6. The molecule has 0 heterocycles. The third kappa shape index (κ3) is 5.89. The van der Waals surface area contributed by atoms with E-state index in [9.17, 15) is 0 Å². The molecule has 1 heteroatoms. The Morgan fingerprint density at radius 3 is 2.00 bits per heavy atom. The Labute approximate surface area is 103 Å². The normalized spacial score (nSPS) is 17.8. The van der Waals surface area contributed by atoms with Crippen LogP contribution in [0.3, 0.4) is 0 Å². The standard InChI is InChI=1S/C15H33N/c1-8-14(6)9-15(7,13(4)5)11-16-10-12(2)3/h12-14,16H,8-11H2,1-7H3. The lowest BCUT2D eigenvalue weighted by Crippen LogP contribution is -2.38. The summed E-state index contributed by atoms with van der Waals surface area (Å²) in [5, 5.41) is 3.64. The van der Waals surface area contributed by atoms with E-state index >= 15 is 0 Å². The Morgan fingerprint density at radius 1 is 1.06 bits per heavy atom. The molecule has 0 radical (unpaired) electrons. The Kier molecular flexibility index (Phi) is 7.30. The van der Waals surface area contributed by atoms with Gasteiger partial charge in [0.25, 0.3) is 0 Å². The van der Waals surface area contributed by atoms with Crippen molar-refractivity contribution in [3.63, 3.8) is 0 Å². The van der Waals surface area contributed by atoms with Gasteiger partial charge >= 0.3 is 0 Å². The molecule has 0 aromatic carbocycles. The number of nitrogens with one attached hydrogen (secondary N) is 1. The van der Waals surface area contributed by atoms with Crippen molar-refractivity contribution in [2.75, 3.05) is 13.1 Å². The van der Waals surface area contributed by atoms with Crippen LogP contribution in [0.4, 0.5) is 0 Å². The molecule has 1 nitrogen and oxygen atoms in total. The SMILES string of the molecule is CCC(C)CC(C)(CNCC(C)C)C(C)C. The Bertz CT molecular complexity index is 174. The molecule has 0 fully saturated rings. The molecule has 2 atom stereocenters. The third-order valence-corrected chi connectivity index (χ3v) is 3.99. The fraction of sp³-hybridized carbons (Fsp3) is 1.00. The largest absolute Gasteiger partial charge is 0.316 e. The van der Waals surface area contributed by atoms with E-state index in [1.165, 1.54) is 12.8 Å². The molecule has 0 aliphatic heterocycles. The van der Waals surface area contributed by atoms with Gasteiger partial charge in [-0.25, -0.2) is 0 Å². The first kappa shape index (κ1) is 16.0. The summed E-state index contributed by atoms with van der Waals surface area (Å²) in [7, 11) is 0. The second-order valence-corrected chi connectivity index (χ2v) is 6.55. The molecule has 0 aliphatic rings. The van der Waals surface area contributed by atoms with Gasteiger partial charge in [-0.1, -0.05) is 54.9 Å². The van der Waals surface area contributed by atoms with Gasteiger partial charge in [0.2, 0.25) is 0 Å². The molecule has 16 heavy (non-hydrogen) atoms. The van der Waals surface area contributed by atoms with Crippen molar-refractivity contribution in [2.45, 2.75) is 61.3 Å². The topological polar surface area (TPSA) is 12.0 Å². The molecule has 1 N–H and O–H groups in total. The van der Waals surface area contributed by atoms with Crippen LogP contribution in [-0.4, -0.2) is 13.1 Å². The van der Waals surface area contributed by atoms with E-state index in [1.54, 1.807) is 0 Å². The van der Waals surface area contributed by atoms with E-state index in [0.717, 1.165) is 30.8 Å². The maximum Gasteiger partial charge on any atom is 0.000782 e. The molecule has 0 amide bonds. The van der Waals surface area contributed by atoms with E-state index in [1.807, 2.05) is 0 Å². The van der Waals surface area contributed by atoms with Crippen molar-refractivity contribution < 1.29 is 0 Å². The predicted molar refractivity (Wildman–Crippen MR) is 74.7 cm³/mol. The van der Waals surface area contributed by atoms with Crippen LogP contribution in [0, 0.1) is 23.2 Å². The molecule has 0 aliphatic carbocycles. The van der Waals surface area contributed by atoms with Gasteiger partial charge in [0.05, 0.1) is 0 Å². The smallest absolute Gasteiger partial charge is 0.000782 e. The summed E-state index contributed by atoms with van der Waals surface area (Å²) in [6.07, 6.45) is 2.64. The van der Waals surface area contributed by atoms with E-state index in [4.69, 9.17) is 0 Å². The number of hydrogen-bond acceptors (Lipinski definition) is 1. The summed E-state index contributed by atoms with van der Waals surface area (Å²) >= 11 is 0. The van der Waals surface area contributed by atoms with Gasteiger partial charge in [-0.2, -0.15) is 0 Å². The zero-order chi connectivity index (χ0) is 12.8. The van der Waals surface area contributed by atoms with E-state index in [2.05, 4.69) is 53.8 Å². The first-order valence-corrected chi connectivity index (χ1v) is 7.02. The summed E-state index contributed by atoms with van der Waals surface area (Å²) < 4.78 is 0. The highest BCUT2D eigenvalue weighted by Gasteiger charge is 2.29. The van der Waals surface area contributed by atoms with Gasteiger partial charge in [-0.05, 0) is 36.1 Å². The average Bonchev–Trinajstić information content (AvgIpc) is 2.16. The number of hydrogen-bond donors (Lipinski definition) is 1. The minimum Gasteiger partial charge on any atom is -0.316 e. The second-order valence-electron chi connectivity index (χ2n) is 6.55. The van der Waals surface area contributed by atoms with Gasteiger partial charge in [0, 0.05) is 6.54 Å². The summed E-state index contributed by atoms with van der Waals surface area (Å²) in [6, 6.07) is 0. The van der Waals surface area contributed by atoms with Crippen molar-refractivity contribution in [2.24, 2.45) is 23.2 Å². The Hall–Kier alpha value is -0.0400. The molecule has 0 aromatic rings. The highest BCUT2D eigenvalue weighted by Crippen LogP contribution is 2.34. The van der Waals surface area contributed by atoms with Gasteiger partial charge in [-0.15, -0.1) is 0 Å². The third-order valence-electron chi connectivity index (χ3n) is 3.99. The molecule has 0 spiro atoms. The van der Waals surface area contributed by atoms with Crippen molar-refractivity contribution >= 4 is 0 Å². The maximum atomic E-state index is 3.64. The molecule has 0 saturated carbocycles. The first-order valence-electron chi connectivity index (χ1n) is 7.02. The van der Waals surface area contributed by atoms with Crippen molar-refractivity contribution in [3.8, 4) is 0 Å². The summed E-state index contributed by atoms with van der Waals surface area (Å²) in [6.45, 7) is 18.7. The Morgan fingerprint density at radius 2 is 1.62 bits per heavy atom. The summed E-state index contributed by atoms with van der Waals surface area (Å²) in [5.74, 6) is 2.34. The first-order chi connectivity index (χ1) is 7.31. The monoisotopic (exact) mass is 227 g/mol. The highest BCUT2D eigenvalue weighted by atomic mass is 14.9. The molecular weight excluding hydrogens is 194 g/mol. The lowest BCUT2D eigenvalue weighted by atomic mass is 9.72. The minimum absolute atomic E-state index is 0.449.